The number of ether oxygens (including phenoxy) is 1. The van der Waals surface area contributed by atoms with E-state index < -0.39 is 17.8 Å². The van der Waals surface area contributed by atoms with Crippen molar-refractivity contribution in [3.05, 3.63) is 34.8 Å². The Morgan fingerprint density at radius 3 is 1.74 bits per heavy atom. The second kappa shape index (κ2) is 4.38. The lowest BCUT2D eigenvalue weighted by atomic mass is 10.0. The van der Waals surface area contributed by atoms with Gasteiger partial charge in [0.1, 0.15) is 17.1 Å². The lowest BCUT2D eigenvalue weighted by Crippen LogP contribution is -2.53. The maximum absolute atomic E-state index is 12.1. The normalized spacial score (nSPS) is 20.5. The predicted molar refractivity (Wildman–Crippen MR) is 66.6 cm³/mol. The first-order chi connectivity index (χ1) is 8.82. The molecule has 2 aliphatic rings. The van der Waals surface area contributed by atoms with E-state index in [-0.39, 0.29) is 5.57 Å². The zero-order chi connectivity index (χ0) is 14.3. The smallest absolute Gasteiger partial charge is 0.333 e. The van der Waals surface area contributed by atoms with Crippen LogP contribution in [-0.4, -0.2) is 41.7 Å². The van der Waals surface area contributed by atoms with Gasteiger partial charge >= 0.3 is 6.03 Å². The van der Waals surface area contributed by atoms with Crippen molar-refractivity contribution in [1.82, 2.24) is 9.80 Å². The molecule has 2 rings (SSSR count). The third kappa shape index (κ3) is 2.05. The number of amides is 4. The molecule has 0 bridgehead atoms. The lowest BCUT2D eigenvalue weighted by Gasteiger charge is -2.30. The minimum Gasteiger partial charge on any atom is -0.467 e. The fourth-order valence-electron chi connectivity index (χ4n) is 2.01. The molecule has 0 aromatic rings. The van der Waals surface area contributed by atoms with Gasteiger partial charge in [-0.1, -0.05) is 0 Å². The molecule has 0 atom stereocenters. The van der Waals surface area contributed by atoms with Crippen LogP contribution in [0.4, 0.5) is 4.79 Å². The number of rotatable bonds is 0. The van der Waals surface area contributed by atoms with E-state index in [2.05, 4.69) is 0 Å². The molecule has 0 saturated carbocycles. The van der Waals surface area contributed by atoms with Crippen molar-refractivity contribution < 1.29 is 19.1 Å². The minimum absolute atomic E-state index is 0.0217. The van der Waals surface area contributed by atoms with Crippen LogP contribution in [0.25, 0.3) is 0 Å². The highest BCUT2D eigenvalue weighted by Crippen LogP contribution is 2.25. The molecule has 0 unspecified atom stereocenters. The van der Waals surface area contributed by atoms with Crippen molar-refractivity contribution in [2.45, 2.75) is 13.8 Å². The van der Waals surface area contributed by atoms with Gasteiger partial charge in [0.15, 0.2) is 0 Å². The number of hydrogen-bond acceptors (Lipinski definition) is 4. The summed E-state index contributed by atoms with van der Waals surface area (Å²) in [6.45, 7) is 3.46. The fraction of sp³-hybridized carbons (Fsp3) is 0.308. The molecule has 100 valence electrons. The van der Waals surface area contributed by atoms with E-state index in [0.717, 1.165) is 9.80 Å². The van der Waals surface area contributed by atoms with Crippen LogP contribution in [0.5, 0.6) is 0 Å². The van der Waals surface area contributed by atoms with E-state index in [1.54, 1.807) is 26.0 Å². The van der Waals surface area contributed by atoms with Crippen LogP contribution >= 0.6 is 0 Å². The number of hydrogen-bond donors (Lipinski definition) is 0. The van der Waals surface area contributed by atoms with Gasteiger partial charge in [0.2, 0.25) is 0 Å². The van der Waals surface area contributed by atoms with E-state index in [1.807, 2.05) is 0 Å². The van der Waals surface area contributed by atoms with Crippen LogP contribution in [0.2, 0.25) is 0 Å². The van der Waals surface area contributed by atoms with Crippen molar-refractivity contribution in [3.8, 4) is 0 Å². The minimum atomic E-state index is -0.632. The maximum atomic E-state index is 12.1. The molecule has 2 heterocycles. The Kier molecular flexibility index (Phi) is 3.01. The highest BCUT2D eigenvalue weighted by Gasteiger charge is 2.39. The summed E-state index contributed by atoms with van der Waals surface area (Å²) in [6.07, 6.45) is 3.21. The van der Waals surface area contributed by atoms with Crippen LogP contribution in [0.1, 0.15) is 13.8 Å². The molecule has 0 spiro atoms. The molecule has 19 heavy (non-hydrogen) atoms. The average Bonchev–Trinajstić information content (AvgIpc) is 2.33. The summed E-state index contributed by atoms with van der Waals surface area (Å²) in [5, 5.41) is 0. The average molecular weight is 262 g/mol. The van der Waals surface area contributed by atoms with Gasteiger partial charge in [-0.3, -0.25) is 19.4 Å². The SMILES string of the molecule is CC1=CC(=C2C(=O)N(C)C(=O)N(C)C2=O)C=C(C)O1. The van der Waals surface area contributed by atoms with E-state index >= 15 is 0 Å². The Morgan fingerprint density at radius 2 is 1.32 bits per heavy atom. The molecule has 6 nitrogen and oxygen atoms in total. The van der Waals surface area contributed by atoms with Crippen molar-refractivity contribution >= 4 is 17.8 Å². The summed E-state index contributed by atoms with van der Waals surface area (Å²) < 4.78 is 5.32. The second-order valence-corrected chi connectivity index (χ2v) is 4.45. The van der Waals surface area contributed by atoms with Gasteiger partial charge in [-0.15, -0.1) is 0 Å². The van der Waals surface area contributed by atoms with E-state index in [4.69, 9.17) is 4.74 Å². The Hall–Kier alpha value is -2.37. The molecule has 0 aliphatic carbocycles. The van der Waals surface area contributed by atoms with Gasteiger partial charge in [0, 0.05) is 14.1 Å². The Morgan fingerprint density at radius 1 is 0.895 bits per heavy atom. The molecule has 0 N–H and O–H groups in total. The number of likely N-dealkylation sites (N-methyl/N-ethyl adjacent to an activating group) is 2. The molecule has 0 aromatic carbocycles. The lowest BCUT2D eigenvalue weighted by molar-refractivity contribution is -0.134. The van der Waals surface area contributed by atoms with Gasteiger partial charge in [-0.2, -0.15) is 0 Å². The maximum Gasteiger partial charge on any atom is 0.333 e. The van der Waals surface area contributed by atoms with Crippen LogP contribution in [0.15, 0.2) is 34.8 Å². The van der Waals surface area contributed by atoms with Crippen molar-refractivity contribution in [3.63, 3.8) is 0 Å². The molecule has 0 radical (unpaired) electrons. The number of barbiturate groups is 1. The first-order valence-corrected chi connectivity index (χ1v) is 5.71. The van der Waals surface area contributed by atoms with Gasteiger partial charge < -0.3 is 4.74 Å². The number of nitrogens with zero attached hydrogens (tertiary/aromatic N) is 2. The van der Waals surface area contributed by atoms with Gasteiger partial charge in [0.25, 0.3) is 11.8 Å². The molecule has 4 amide bonds. The Bertz CT molecular complexity index is 537. The molecular weight excluding hydrogens is 248 g/mol. The second-order valence-electron chi connectivity index (χ2n) is 4.45. The number of allylic oxidation sites excluding steroid dienone is 5. The topological polar surface area (TPSA) is 66.9 Å². The molecule has 1 fully saturated rings. The van der Waals surface area contributed by atoms with Crippen molar-refractivity contribution in [2.75, 3.05) is 14.1 Å². The standard InChI is InChI=1S/C13H14N2O4/c1-7-5-9(6-8(2)19-7)10-11(16)14(3)13(18)15(4)12(10)17/h5-6H,1-4H3. The van der Waals surface area contributed by atoms with E-state index in [1.165, 1.54) is 14.1 Å². The fourth-order valence-corrected chi connectivity index (χ4v) is 2.01. The zero-order valence-corrected chi connectivity index (χ0v) is 11.2. The number of urea groups is 1. The quantitative estimate of drug-likeness (QED) is 0.485. The summed E-state index contributed by atoms with van der Waals surface area (Å²) in [4.78, 5) is 37.7. The third-order valence-corrected chi connectivity index (χ3v) is 2.94. The molecular formula is C13H14N2O4. The van der Waals surface area contributed by atoms with Gasteiger partial charge in [-0.05, 0) is 31.6 Å². The molecule has 6 heteroatoms. The van der Waals surface area contributed by atoms with E-state index in [9.17, 15) is 14.4 Å². The van der Waals surface area contributed by atoms with Crippen LogP contribution in [-0.2, 0) is 14.3 Å². The number of imide groups is 2. The van der Waals surface area contributed by atoms with Crippen molar-refractivity contribution in [1.29, 1.82) is 0 Å². The summed E-state index contributed by atoms with van der Waals surface area (Å²) in [5.74, 6) is -0.0215. The summed E-state index contributed by atoms with van der Waals surface area (Å²) >= 11 is 0. The summed E-state index contributed by atoms with van der Waals surface area (Å²) in [6, 6.07) is -0.632. The Labute approximate surface area is 110 Å². The highest BCUT2D eigenvalue weighted by molar-refractivity contribution is 6.29. The molecule has 0 aromatic heterocycles. The molecule has 1 saturated heterocycles. The largest absolute Gasteiger partial charge is 0.467 e. The number of carbonyl (C=O) groups is 3. The zero-order valence-electron chi connectivity index (χ0n) is 11.2. The predicted octanol–water partition coefficient (Wildman–Crippen LogP) is 1.17. The summed E-state index contributed by atoms with van der Waals surface area (Å²) in [7, 11) is 2.70. The molecule has 2 aliphatic heterocycles. The highest BCUT2D eigenvalue weighted by atomic mass is 16.5. The number of carbonyl (C=O) groups excluding carboxylic acids is 3. The van der Waals surface area contributed by atoms with Crippen LogP contribution in [0, 0.1) is 0 Å². The van der Waals surface area contributed by atoms with Crippen molar-refractivity contribution in [2.24, 2.45) is 0 Å². The van der Waals surface area contributed by atoms with Gasteiger partial charge in [0.05, 0.1) is 0 Å². The monoisotopic (exact) mass is 262 g/mol. The van der Waals surface area contributed by atoms with Crippen LogP contribution in [0.3, 0.4) is 0 Å². The van der Waals surface area contributed by atoms with Crippen LogP contribution < -0.4 is 0 Å². The van der Waals surface area contributed by atoms with Gasteiger partial charge in [-0.25, -0.2) is 4.79 Å². The first-order valence-electron chi connectivity index (χ1n) is 5.71. The third-order valence-electron chi connectivity index (χ3n) is 2.94. The Balaban J connectivity index is 2.60. The van der Waals surface area contributed by atoms with E-state index in [0.29, 0.717) is 17.1 Å². The summed E-state index contributed by atoms with van der Waals surface area (Å²) in [5.41, 5.74) is 0.439. The first kappa shape index (κ1) is 13.1.